The SMILES string of the molecule is CC1=C2C[C@H]3[C@@H](CC[C@@H]4CC(=O)/C(=C\O)C[C@@]43C)[C@@H]2CC[C@@]2(C1)O[C@@H]1C[C@H](C)CN(C(=O)OCc3ccccc3)[C@H]1[C@H]2C.CC1=C2C[C@H]3[C@@H](CC[C@@H]4Cc5nocc5C[C@@]43C)[C@@H]2CC[C@@]2(C1)O[C@@H]1C[C@H](C)CN[C@H]1[C@H]2C. The van der Waals surface area contributed by atoms with Gasteiger partial charge in [0.2, 0.25) is 0 Å². The monoisotopic (exact) mass is 1040 g/mol. The van der Waals surface area contributed by atoms with Crippen molar-refractivity contribution >= 4 is 11.9 Å². The highest BCUT2D eigenvalue weighted by Crippen LogP contribution is 2.67. The number of piperidine rings is 2. The second kappa shape index (κ2) is 19.2. The standard InChI is InChI=1S/C37H49NO5.C29H42N2O2/c1-22-14-33-34(38(19-22)35(41)42-21-25-8-6-5-7-9-25)24(3)37(43-33)13-12-28-29-11-10-27-15-32(40)26(20-39)18-36(27,4)31(29)16-30(28)23(2)17-37;1-16-9-26-27(30-14-16)18(3)29(33-26)8-7-21-22-6-5-20-10-25-19(15-32-31-25)13-28(20,4)24(22)11-23(21)17(2)12-29/h5-9,20,22,24,27-29,31,33-34,39H,10-19,21H2,1-4H3;15-16,18,20-22,24,26-27,30H,5-14H2,1-4H3/b26-20-;/t22-,24+,27+,28-,29-,31-,33+,34-,36-,37-;16-,18+,20+,21-,22-,24-,26+,27-,28-,29-/m00/s1. The Morgan fingerprint density at radius 1 is 0.776 bits per heavy atom. The molecule has 2 N–H and O–H groups in total. The molecule has 10 nitrogen and oxygen atoms in total. The second-order valence-electron chi connectivity index (χ2n) is 28.7. The van der Waals surface area contributed by atoms with Gasteiger partial charge < -0.3 is 34.1 Å². The summed E-state index contributed by atoms with van der Waals surface area (Å²) in [6.07, 6.45) is 23.5. The first-order chi connectivity index (χ1) is 36.5. The molecule has 8 aliphatic carbocycles. The maximum absolute atomic E-state index is 13.5. The number of nitrogens with one attached hydrogen (secondary N) is 1. The van der Waals surface area contributed by atoms with Crippen molar-refractivity contribution in [2.24, 2.45) is 81.8 Å². The second-order valence-corrected chi connectivity index (χ2v) is 28.7. The summed E-state index contributed by atoms with van der Waals surface area (Å²) in [5.41, 5.74) is 11.2. The third kappa shape index (κ3) is 8.24. The number of hydrogen-bond acceptors (Lipinski definition) is 9. The Hall–Kier alpha value is -3.73. The first-order valence-corrected chi connectivity index (χ1v) is 30.7. The van der Waals surface area contributed by atoms with Gasteiger partial charge in [0.1, 0.15) is 12.9 Å². The topological polar surface area (TPSA) is 123 Å². The molecule has 12 aliphatic rings. The molecule has 4 saturated heterocycles. The van der Waals surface area contributed by atoms with Crippen LogP contribution in [0.5, 0.6) is 0 Å². The largest absolute Gasteiger partial charge is 0.515 e. The quantitative estimate of drug-likeness (QED) is 0.172. The molecule has 1 aromatic carbocycles. The average molecular weight is 1040 g/mol. The van der Waals surface area contributed by atoms with E-state index in [-0.39, 0.29) is 46.6 Å². The number of rotatable bonds is 2. The molecular formula is C66H91N3O7. The summed E-state index contributed by atoms with van der Waals surface area (Å²) in [5.74, 6) is 7.56. The van der Waals surface area contributed by atoms with Crippen molar-refractivity contribution in [1.29, 1.82) is 0 Å². The van der Waals surface area contributed by atoms with Gasteiger partial charge in [0.25, 0.3) is 0 Å². The number of hydrogen-bond donors (Lipinski definition) is 2. The van der Waals surface area contributed by atoms with Gasteiger partial charge in [-0.05, 0) is 205 Å². The van der Waals surface area contributed by atoms with Crippen LogP contribution in [0.1, 0.15) is 175 Å². The van der Waals surface area contributed by atoms with Crippen LogP contribution >= 0.6 is 0 Å². The fourth-order valence-electron chi connectivity index (χ4n) is 20.9. The number of ether oxygens (including phenoxy) is 3. The maximum Gasteiger partial charge on any atom is 0.410 e. The van der Waals surface area contributed by atoms with E-state index in [1.165, 1.54) is 74.6 Å². The van der Waals surface area contributed by atoms with Crippen molar-refractivity contribution in [3.05, 3.63) is 87.5 Å². The van der Waals surface area contributed by atoms with E-state index in [4.69, 9.17) is 18.7 Å². The molecule has 2 spiro atoms. The van der Waals surface area contributed by atoms with Crippen molar-refractivity contribution in [2.45, 2.75) is 213 Å². The lowest BCUT2D eigenvalue weighted by Gasteiger charge is -2.52. The zero-order chi connectivity index (χ0) is 52.6. The van der Waals surface area contributed by atoms with E-state index in [0.717, 1.165) is 106 Å². The van der Waals surface area contributed by atoms with Gasteiger partial charge in [0.05, 0.1) is 41.4 Å². The van der Waals surface area contributed by atoms with Crippen LogP contribution in [-0.2, 0) is 38.5 Å². The first kappa shape index (κ1) is 51.7. The van der Waals surface area contributed by atoms with E-state index >= 15 is 0 Å². The zero-order valence-electron chi connectivity index (χ0n) is 47.4. The lowest BCUT2D eigenvalue weighted by molar-refractivity contribution is -0.124. The summed E-state index contributed by atoms with van der Waals surface area (Å²) in [7, 11) is 0. The number of aliphatic hydroxyl groups excluding tert-OH is 1. The Morgan fingerprint density at radius 3 is 2.07 bits per heavy atom. The third-order valence-electron chi connectivity index (χ3n) is 24.9. The van der Waals surface area contributed by atoms with Crippen molar-refractivity contribution in [2.75, 3.05) is 13.1 Å². The Labute approximate surface area is 454 Å². The van der Waals surface area contributed by atoms with Crippen LogP contribution in [0.3, 0.4) is 0 Å². The molecule has 20 atom stereocenters. The summed E-state index contributed by atoms with van der Waals surface area (Å²) < 4.78 is 25.5. The molecule has 412 valence electrons. The van der Waals surface area contributed by atoms with Gasteiger partial charge >= 0.3 is 6.09 Å². The van der Waals surface area contributed by atoms with Crippen LogP contribution in [0.2, 0.25) is 0 Å². The van der Waals surface area contributed by atoms with Crippen molar-refractivity contribution in [1.82, 2.24) is 15.4 Å². The van der Waals surface area contributed by atoms with Crippen molar-refractivity contribution < 1.29 is 33.4 Å². The highest BCUT2D eigenvalue weighted by Gasteiger charge is 2.63. The van der Waals surface area contributed by atoms with Gasteiger partial charge in [-0.2, -0.15) is 0 Å². The van der Waals surface area contributed by atoms with Crippen LogP contribution in [0.25, 0.3) is 0 Å². The number of carbonyl (C=O) groups excluding carboxylic acids is 2. The molecule has 5 heterocycles. The minimum atomic E-state index is -0.251. The lowest BCUT2D eigenvalue weighted by Crippen LogP contribution is -2.54. The number of fused-ring (bicyclic) bond motifs is 13. The van der Waals surface area contributed by atoms with Crippen molar-refractivity contribution in [3.63, 3.8) is 0 Å². The number of ketones is 1. The van der Waals surface area contributed by atoms with Gasteiger partial charge in [-0.15, -0.1) is 0 Å². The Balaban J connectivity index is 0.000000150. The van der Waals surface area contributed by atoms with E-state index < -0.39 is 0 Å². The number of amides is 1. The molecular weight excluding hydrogens is 947 g/mol. The Morgan fingerprint density at radius 2 is 1.39 bits per heavy atom. The predicted octanol–water partition coefficient (Wildman–Crippen LogP) is 13.5. The molecule has 2 aromatic rings. The molecule has 76 heavy (non-hydrogen) atoms. The van der Waals surface area contributed by atoms with E-state index in [1.54, 1.807) is 11.1 Å². The van der Waals surface area contributed by atoms with Gasteiger partial charge in [0.15, 0.2) is 5.78 Å². The molecule has 5 saturated carbocycles. The molecule has 0 radical (unpaired) electrons. The summed E-state index contributed by atoms with van der Waals surface area (Å²) in [6.45, 7) is 21.4. The minimum Gasteiger partial charge on any atom is -0.515 e. The molecule has 1 amide bonds. The van der Waals surface area contributed by atoms with Gasteiger partial charge in [-0.25, -0.2) is 4.79 Å². The number of carbonyl (C=O) groups is 2. The van der Waals surface area contributed by atoms with E-state index in [2.05, 4.69) is 65.9 Å². The number of allylic oxidation sites excluding steroid dienone is 3. The number of Topliss-reactive ketones (excluding diaryl/α,β-unsaturated/α-hetero) is 1. The van der Waals surface area contributed by atoms with E-state index in [1.807, 2.05) is 47.1 Å². The summed E-state index contributed by atoms with van der Waals surface area (Å²) in [4.78, 5) is 28.2. The number of aliphatic hydroxyl groups is 1. The maximum atomic E-state index is 13.5. The lowest BCUT2D eigenvalue weighted by atomic mass is 9.51. The van der Waals surface area contributed by atoms with Crippen LogP contribution in [-0.4, -0.2) is 75.6 Å². The third-order valence-corrected chi connectivity index (χ3v) is 24.9. The smallest absolute Gasteiger partial charge is 0.410 e. The van der Waals surface area contributed by atoms with Crippen molar-refractivity contribution in [3.8, 4) is 0 Å². The first-order valence-electron chi connectivity index (χ1n) is 30.7. The van der Waals surface area contributed by atoms with Crippen LogP contribution < -0.4 is 5.32 Å². The summed E-state index contributed by atoms with van der Waals surface area (Å²) >= 11 is 0. The Kier molecular flexibility index (Phi) is 13.1. The van der Waals surface area contributed by atoms with Crippen LogP contribution in [0, 0.1) is 81.8 Å². The van der Waals surface area contributed by atoms with Crippen LogP contribution in [0.4, 0.5) is 4.79 Å². The molecule has 14 rings (SSSR count). The minimum absolute atomic E-state index is 0.0424. The molecule has 0 bridgehead atoms. The normalized spacial score (nSPS) is 46.6. The van der Waals surface area contributed by atoms with Gasteiger partial charge in [-0.3, -0.25) is 4.79 Å². The zero-order valence-corrected chi connectivity index (χ0v) is 47.4. The number of aromatic nitrogens is 1. The highest BCUT2D eigenvalue weighted by molar-refractivity contribution is 5.96. The number of benzene rings is 1. The van der Waals surface area contributed by atoms with Crippen LogP contribution in [0.15, 0.2) is 75.2 Å². The fourth-order valence-corrected chi connectivity index (χ4v) is 20.9. The molecule has 10 heteroatoms. The number of nitrogens with zero attached hydrogens (tertiary/aromatic N) is 2. The predicted molar refractivity (Wildman–Crippen MR) is 294 cm³/mol. The highest BCUT2D eigenvalue weighted by atomic mass is 16.6. The summed E-state index contributed by atoms with van der Waals surface area (Å²) in [6, 6.07) is 10.5. The molecule has 1 aromatic heterocycles. The van der Waals surface area contributed by atoms with Gasteiger partial charge in [-0.1, -0.05) is 99.3 Å². The van der Waals surface area contributed by atoms with Gasteiger partial charge in [0, 0.05) is 42.0 Å². The average Bonchev–Trinajstić information content (AvgIpc) is 4.39. The van der Waals surface area contributed by atoms with E-state index in [0.29, 0.717) is 71.7 Å². The van der Waals surface area contributed by atoms with E-state index in [9.17, 15) is 14.7 Å². The summed E-state index contributed by atoms with van der Waals surface area (Å²) in [5, 5.41) is 18.0. The molecule has 4 aliphatic heterocycles. The molecule has 9 fully saturated rings. The fraction of sp³-hybridized carbons (Fsp3) is 0.742. The number of likely N-dealkylation sites (tertiary alicyclic amines) is 1. The Bertz CT molecular complexity index is 2670. The molecule has 0 unspecified atom stereocenters.